The van der Waals surface area contributed by atoms with Crippen molar-refractivity contribution in [2.24, 2.45) is 0 Å². The lowest BCUT2D eigenvalue weighted by atomic mass is 10.2. The summed E-state index contributed by atoms with van der Waals surface area (Å²) in [5, 5.41) is 5.69. The average molecular weight is 352 g/mol. The van der Waals surface area contributed by atoms with Gasteiger partial charge in [-0.2, -0.15) is 0 Å². The van der Waals surface area contributed by atoms with Crippen molar-refractivity contribution in [1.82, 2.24) is 10.3 Å². The van der Waals surface area contributed by atoms with Crippen molar-refractivity contribution in [3.05, 3.63) is 44.7 Å². The molecule has 20 heavy (non-hydrogen) atoms. The molecular formula is C15H18BrN3S. The highest BCUT2D eigenvalue weighted by atomic mass is 79.9. The van der Waals surface area contributed by atoms with Crippen LogP contribution in [-0.4, -0.2) is 18.1 Å². The van der Waals surface area contributed by atoms with Crippen LogP contribution in [0.1, 0.15) is 23.3 Å². The highest BCUT2D eigenvalue weighted by Gasteiger charge is 2.21. The number of hydrogen-bond acceptors (Lipinski definition) is 4. The number of thiophene rings is 1. The van der Waals surface area contributed by atoms with Crippen molar-refractivity contribution in [2.45, 2.75) is 32.0 Å². The zero-order chi connectivity index (χ0) is 13.9. The van der Waals surface area contributed by atoms with E-state index in [1.54, 1.807) is 11.3 Å². The molecule has 0 radical (unpaired) electrons. The predicted molar refractivity (Wildman–Crippen MR) is 88.2 cm³/mol. The minimum absolute atomic E-state index is 0.724. The van der Waals surface area contributed by atoms with E-state index in [1.165, 1.54) is 23.3 Å². The van der Waals surface area contributed by atoms with Gasteiger partial charge in [0.2, 0.25) is 0 Å². The number of hydrogen-bond donors (Lipinski definition) is 1. The van der Waals surface area contributed by atoms with Gasteiger partial charge in [-0.1, -0.05) is 6.07 Å². The molecule has 0 unspecified atom stereocenters. The fraction of sp³-hybridized carbons (Fsp3) is 0.400. The molecule has 1 N–H and O–H groups in total. The Kier molecular flexibility index (Phi) is 4.38. The molecule has 0 aliphatic heterocycles. The summed E-state index contributed by atoms with van der Waals surface area (Å²) in [6.07, 6.45) is 4.50. The summed E-state index contributed by atoms with van der Waals surface area (Å²) >= 11 is 5.28. The van der Waals surface area contributed by atoms with Gasteiger partial charge in [-0.15, -0.1) is 11.3 Å². The first-order valence-corrected chi connectivity index (χ1v) is 8.51. The monoisotopic (exact) mass is 351 g/mol. The van der Waals surface area contributed by atoms with Crippen molar-refractivity contribution in [3.63, 3.8) is 0 Å². The maximum Gasteiger partial charge on any atom is 0.133 e. The van der Waals surface area contributed by atoms with Crippen molar-refractivity contribution < 1.29 is 0 Å². The van der Waals surface area contributed by atoms with Gasteiger partial charge in [-0.25, -0.2) is 4.98 Å². The number of aromatic nitrogens is 1. The minimum Gasteiger partial charge on any atom is -0.354 e. The largest absolute Gasteiger partial charge is 0.354 e. The quantitative estimate of drug-likeness (QED) is 0.857. The zero-order valence-electron chi connectivity index (χ0n) is 11.5. The molecule has 0 amide bonds. The molecule has 2 aromatic heterocycles. The van der Waals surface area contributed by atoms with E-state index in [0.717, 1.165) is 29.4 Å². The molecule has 1 fully saturated rings. The number of rotatable bonds is 6. The van der Waals surface area contributed by atoms with Gasteiger partial charge in [0.1, 0.15) is 5.82 Å². The summed E-state index contributed by atoms with van der Waals surface area (Å²) in [6.45, 7) is 1.80. The number of pyridine rings is 1. The average Bonchev–Trinajstić information content (AvgIpc) is 3.19. The molecule has 0 aromatic carbocycles. The third kappa shape index (κ3) is 3.59. The fourth-order valence-corrected chi connectivity index (χ4v) is 3.70. The zero-order valence-corrected chi connectivity index (χ0v) is 13.9. The smallest absolute Gasteiger partial charge is 0.133 e. The maximum absolute atomic E-state index is 4.56. The number of anilines is 1. The molecule has 5 heteroatoms. The molecule has 0 saturated heterocycles. The molecule has 106 valence electrons. The molecular weight excluding hydrogens is 334 g/mol. The second-order valence-electron chi connectivity index (χ2n) is 5.23. The van der Waals surface area contributed by atoms with Gasteiger partial charge in [-0.3, -0.25) is 0 Å². The maximum atomic E-state index is 4.56. The summed E-state index contributed by atoms with van der Waals surface area (Å²) in [7, 11) is 2.11. The van der Waals surface area contributed by atoms with E-state index in [2.05, 4.69) is 55.7 Å². The first-order chi connectivity index (χ1) is 9.72. The van der Waals surface area contributed by atoms with Crippen LogP contribution < -0.4 is 10.2 Å². The topological polar surface area (TPSA) is 28.2 Å². The molecule has 0 atom stereocenters. The second kappa shape index (κ2) is 6.24. The van der Waals surface area contributed by atoms with Crippen LogP contribution in [0.4, 0.5) is 5.82 Å². The minimum atomic E-state index is 0.724. The van der Waals surface area contributed by atoms with E-state index in [9.17, 15) is 0 Å². The van der Waals surface area contributed by atoms with Crippen LogP contribution in [0.25, 0.3) is 0 Å². The molecule has 0 spiro atoms. The first-order valence-electron chi connectivity index (χ1n) is 6.83. The van der Waals surface area contributed by atoms with Gasteiger partial charge >= 0.3 is 0 Å². The fourth-order valence-electron chi connectivity index (χ4n) is 2.20. The Bertz CT molecular complexity index is 580. The lowest BCUT2D eigenvalue weighted by molar-refractivity contribution is 0.683. The van der Waals surface area contributed by atoms with Crippen molar-refractivity contribution in [2.75, 3.05) is 11.9 Å². The highest BCUT2D eigenvalue weighted by molar-refractivity contribution is 9.10. The normalized spacial score (nSPS) is 14.5. The Hall–Kier alpha value is -0.910. The lowest BCUT2D eigenvalue weighted by Gasteiger charge is -2.20. The molecule has 2 heterocycles. The highest BCUT2D eigenvalue weighted by Crippen LogP contribution is 2.25. The van der Waals surface area contributed by atoms with Crippen LogP contribution in [0.5, 0.6) is 0 Å². The van der Waals surface area contributed by atoms with Crippen LogP contribution in [-0.2, 0) is 13.1 Å². The van der Waals surface area contributed by atoms with E-state index >= 15 is 0 Å². The first kappa shape index (κ1) is 14.0. The van der Waals surface area contributed by atoms with Crippen LogP contribution in [0.2, 0.25) is 0 Å². The van der Waals surface area contributed by atoms with E-state index in [1.807, 2.05) is 12.3 Å². The predicted octanol–water partition coefficient (Wildman–Crippen LogP) is 3.79. The summed E-state index contributed by atoms with van der Waals surface area (Å²) in [6, 6.07) is 7.08. The summed E-state index contributed by atoms with van der Waals surface area (Å²) in [4.78, 5) is 8.12. The number of nitrogens with zero attached hydrogens (tertiary/aromatic N) is 2. The Morgan fingerprint density at radius 2 is 2.35 bits per heavy atom. The van der Waals surface area contributed by atoms with Gasteiger partial charge < -0.3 is 10.2 Å². The summed E-state index contributed by atoms with van der Waals surface area (Å²) in [5.41, 5.74) is 1.28. The lowest BCUT2D eigenvalue weighted by Crippen LogP contribution is -2.22. The van der Waals surface area contributed by atoms with Crippen LogP contribution in [0.15, 0.2) is 34.2 Å². The molecule has 2 aromatic rings. The third-order valence-electron chi connectivity index (χ3n) is 3.40. The molecule has 1 aliphatic rings. The van der Waals surface area contributed by atoms with Crippen LogP contribution in [0, 0.1) is 0 Å². The van der Waals surface area contributed by atoms with E-state index < -0.39 is 0 Å². The van der Waals surface area contributed by atoms with E-state index in [0.29, 0.717) is 0 Å². The summed E-state index contributed by atoms with van der Waals surface area (Å²) < 4.78 is 1.16. The summed E-state index contributed by atoms with van der Waals surface area (Å²) in [5.74, 6) is 1.07. The molecule has 3 nitrogen and oxygen atoms in total. The van der Waals surface area contributed by atoms with Gasteiger partial charge in [0, 0.05) is 46.1 Å². The number of nitrogens with one attached hydrogen (secondary N) is 1. The standard InChI is InChI=1S/C15H18BrN3S/c1-19(9-14-7-12(16)10-20-14)15-11(3-2-6-17-15)8-18-13-4-5-13/h2-3,6-7,10,13,18H,4-5,8-9H2,1H3. The third-order valence-corrected chi connectivity index (χ3v) is 5.08. The second-order valence-corrected chi connectivity index (χ2v) is 7.14. The Balaban J connectivity index is 1.70. The van der Waals surface area contributed by atoms with Crippen LogP contribution >= 0.6 is 27.3 Å². The van der Waals surface area contributed by atoms with Gasteiger partial charge in [0.05, 0.1) is 6.54 Å². The number of halogens is 1. The molecule has 1 aliphatic carbocycles. The van der Waals surface area contributed by atoms with Crippen molar-refractivity contribution in [1.29, 1.82) is 0 Å². The molecule has 1 saturated carbocycles. The Labute approximate surface area is 132 Å². The van der Waals surface area contributed by atoms with Crippen molar-refractivity contribution in [3.8, 4) is 0 Å². The van der Waals surface area contributed by atoms with E-state index in [-0.39, 0.29) is 0 Å². The van der Waals surface area contributed by atoms with Gasteiger partial charge in [0.15, 0.2) is 0 Å². The molecule has 0 bridgehead atoms. The SMILES string of the molecule is CN(Cc1cc(Br)cs1)c1ncccc1CNC1CC1. The van der Waals surface area contributed by atoms with E-state index in [4.69, 9.17) is 0 Å². The van der Waals surface area contributed by atoms with Gasteiger partial charge in [-0.05, 0) is 40.9 Å². The van der Waals surface area contributed by atoms with Crippen LogP contribution in [0.3, 0.4) is 0 Å². The Morgan fingerprint density at radius 3 is 3.05 bits per heavy atom. The van der Waals surface area contributed by atoms with Gasteiger partial charge in [0.25, 0.3) is 0 Å². The molecule has 3 rings (SSSR count). The Morgan fingerprint density at radius 1 is 1.50 bits per heavy atom. The van der Waals surface area contributed by atoms with Crippen molar-refractivity contribution >= 4 is 33.1 Å².